The van der Waals surface area contributed by atoms with Gasteiger partial charge in [-0.3, -0.25) is 4.79 Å². The monoisotopic (exact) mass is 295 g/mol. The van der Waals surface area contributed by atoms with Crippen LogP contribution in [0, 0.1) is 11.6 Å². The second-order valence-electron chi connectivity index (χ2n) is 4.32. The number of hydrogen-bond donors (Lipinski definition) is 0. The Labute approximate surface area is 120 Å². The highest BCUT2D eigenvalue weighted by Crippen LogP contribution is 2.26. The highest BCUT2D eigenvalue weighted by atomic mass is 35.5. The largest absolute Gasteiger partial charge is 0.268 e. The molecule has 2 rings (SSSR count). The van der Waals surface area contributed by atoms with E-state index in [9.17, 15) is 13.6 Å². The van der Waals surface area contributed by atoms with Gasteiger partial charge in [0.2, 0.25) is 0 Å². The molecular weight excluding hydrogens is 284 g/mol. The molecule has 0 N–H and O–H groups in total. The average molecular weight is 296 g/mol. The molecule has 5 heteroatoms. The molecular formula is C15H12ClF2NO. The summed E-state index contributed by atoms with van der Waals surface area (Å²) in [7, 11) is 0. The molecule has 2 aromatic rings. The smallest absolute Gasteiger partial charge is 0.268 e. The van der Waals surface area contributed by atoms with Crippen molar-refractivity contribution in [3.05, 3.63) is 71.3 Å². The van der Waals surface area contributed by atoms with E-state index < -0.39 is 23.6 Å². The summed E-state index contributed by atoms with van der Waals surface area (Å²) in [5.74, 6) is -1.85. The van der Waals surface area contributed by atoms with Crippen LogP contribution in [0.5, 0.6) is 0 Å². The van der Waals surface area contributed by atoms with E-state index >= 15 is 0 Å². The SMILES string of the molecule is CC(c1ccc(F)cc1F)N(Cl)C(=O)c1ccccc1. The van der Waals surface area contributed by atoms with E-state index in [1.165, 1.54) is 6.07 Å². The zero-order chi connectivity index (χ0) is 14.7. The van der Waals surface area contributed by atoms with Gasteiger partial charge in [-0.15, -0.1) is 0 Å². The van der Waals surface area contributed by atoms with E-state index in [0.717, 1.165) is 16.6 Å². The summed E-state index contributed by atoms with van der Waals surface area (Å²) in [4.78, 5) is 12.1. The Morgan fingerprint density at radius 2 is 1.80 bits per heavy atom. The van der Waals surface area contributed by atoms with Crippen molar-refractivity contribution >= 4 is 17.7 Å². The number of benzene rings is 2. The molecule has 0 bridgehead atoms. The molecule has 0 radical (unpaired) electrons. The highest BCUT2D eigenvalue weighted by molar-refractivity contribution is 6.24. The summed E-state index contributed by atoms with van der Waals surface area (Å²) >= 11 is 5.99. The summed E-state index contributed by atoms with van der Waals surface area (Å²) in [6.45, 7) is 1.57. The van der Waals surface area contributed by atoms with Crippen LogP contribution in [0.1, 0.15) is 28.9 Å². The van der Waals surface area contributed by atoms with Crippen molar-refractivity contribution in [3.63, 3.8) is 0 Å². The van der Waals surface area contributed by atoms with Crippen molar-refractivity contribution in [1.82, 2.24) is 4.42 Å². The Kier molecular flexibility index (Phi) is 4.35. The van der Waals surface area contributed by atoms with E-state index in [4.69, 9.17) is 11.8 Å². The molecule has 2 aromatic carbocycles. The Balaban J connectivity index is 2.24. The number of rotatable bonds is 3. The van der Waals surface area contributed by atoms with Gasteiger partial charge in [-0.25, -0.2) is 13.2 Å². The van der Waals surface area contributed by atoms with Gasteiger partial charge in [-0.05, 0) is 25.1 Å². The fraction of sp³-hybridized carbons (Fsp3) is 0.133. The molecule has 0 aromatic heterocycles. The maximum absolute atomic E-state index is 13.7. The molecule has 1 amide bonds. The molecule has 2 nitrogen and oxygen atoms in total. The van der Waals surface area contributed by atoms with Gasteiger partial charge in [0, 0.05) is 29.0 Å². The van der Waals surface area contributed by atoms with Crippen LogP contribution in [-0.2, 0) is 0 Å². The van der Waals surface area contributed by atoms with Gasteiger partial charge < -0.3 is 0 Å². The highest BCUT2D eigenvalue weighted by Gasteiger charge is 2.23. The summed E-state index contributed by atoms with van der Waals surface area (Å²) in [5.41, 5.74) is 0.558. The minimum Gasteiger partial charge on any atom is -0.268 e. The van der Waals surface area contributed by atoms with Crippen molar-refractivity contribution in [2.45, 2.75) is 13.0 Å². The van der Waals surface area contributed by atoms with Gasteiger partial charge in [-0.1, -0.05) is 24.3 Å². The first kappa shape index (κ1) is 14.5. The molecule has 0 aliphatic carbocycles. The molecule has 1 atom stereocenters. The van der Waals surface area contributed by atoms with Gasteiger partial charge in [-0.2, -0.15) is 0 Å². The lowest BCUT2D eigenvalue weighted by Gasteiger charge is -2.22. The van der Waals surface area contributed by atoms with Crippen LogP contribution in [-0.4, -0.2) is 10.3 Å². The molecule has 0 fully saturated rings. The quantitative estimate of drug-likeness (QED) is 0.772. The number of hydrogen-bond acceptors (Lipinski definition) is 1. The Hall–Kier alpha value is -1.94. The number of carbonyl (C=O) groups is 1. The van der Waals surface area contributed by atoms with E-state index in [1.54, 1.807) is 37.3 Å². The first-order valence-electron chi connectivity index (χ1n) is 6.00. The van der Waals surface area contributed by atoms with Crippen LogP contribution in [0.3, 0.4) is 0 Å². The minimum absolute atomic E-state index is 0.158. The summed E-state index contributed by atoms with van der Waals surface area (Å²) in [5, 5.41) is 0. The van der Waals surface area contributed by atoms with E-state index in [0.29, 0.717) is 5.56 Å². The van der Waals surface area contributed by atoms with E-state index in [2.05, 4.69) is 0 Å². The second kappa shape index (κ2) is 6.01. The lowest BCUT2D eigenvalue weighted by molar-refractivity contribution is 0.0829. The fourth-order valence-electron chi connectivity index (χ4n) is 1.84. The molecule has 0 heterocycles. The van der Waals surface area contributed by atoms with Crippen LogP contribution in [0.4, 0.5) is 8.78 Å². The minimum atomic E-state index is -0.732. The van der Waals surface area contributed by atoms with Crippen LogP contribution < -0.4 is 0 Å². The van der Waals surface area contributed by atoms with Gasteiger partial charge in [0.05, 0.1) is 6.04 Å². The van der Waals surface area contributed by atoms with Gasteiger partial charge in [0.1, 0.15) is 11.6 Å². The Bertz CT molecular complexity index is 619. The predicted octanol–water partition coefficient (Wildman–Crippen LogP) is 4.32. The Morgan fingerprint density at radius 3 is 2.40 bits per heavy atom. The third-order valence-electron chi connectivity index (χ3n) is 2.97. The van der Waals surface area contributed by atoms with Gasteiger partial charge in [0.25, 0.3) is 5.91 Å². The van der Waals surface area contributed by atoms with Crippen molar-refractivity contribution in [1.29, 1.82) is 0 Å². The second-order valence-corrected chi connectivity index (χ2v) is 4.69. The molecule has 0 spiro atoms. The third kappa shape index (κ3) is 2.96. The molecule has 1 unspecified atom stereocenters. The lowest BCUT2D eigenvalue weighted by Crippen LogP contribution is -2.25. The summed E-state index contributed by atoms with van der Waals surface area (Å²) < 4.78 is 27.5. The topological polar surface area (TPSA) is 20.3 Å². The standard InChI is InChI=1S/C15H12ClF2NO/c1-10(13-8-7-12(17)9-14(13)18)19(16)15(20)11-5-3-2-4-6-11/h2-10H,1H3. The summed E-state index contributed by atoms with van der Waals surface area (Å²) in [6, 6.07) is 10.9. The lowest BCUT2D eigenvalue weighted by atomic mass is 10.1. The van der Waals surface area contributed by atoms with Gasteiger partial charge >= 0.3 is 0 Å². The van der Waals surface area contributed by atoms with Gasteiger partial charge in [0.15, 0.2) is 0 Å². The Morgan fingerprint density at radius 1 is 1.15 bits per heavy atom. The normalized spacial score (nSPS) is 12.0. The third-order valence-corrected chi connectivity index (χ3v) is 3.41. The zero-order valence-electron chi connectivity index (χ0n) is 10.7. The van der Waals surface area contributed by atoms with Crippen LogP contribution in [0.15, 0.2) is 48.5 Å². The number of carbonyl (C=O) groups excluding carboxylic acids is 1. The maximum Gasteiger partial charge on any atom is 0.268 e. The van der Waals surface area contributed by atoms with Crippen molar-refractivity contribution in [3.8, 4) is 0 Å². The number of halogens is 3. The molecule has 20 heavy (non-hydrogen) atoms. The van der Waals surface area contributed by atoms with Crippen LogP contribution in [0.2, 0.25) is 0 Å². The molecule has 0 aliphatic rings. The molecule has 0 saturated heterocycles. The first-order valence-corrected chi connectivity index (χ1v) is 6.34. The zero-order valence-corrected chi connectivity index (χ0v) is 11.4. The van der Waals surface area contributed by atoms with Crippen LogP contribution in [0.25, 0.3) is 0 Å². The maximum atomic E-state index is 13.7. The molecule has 0 aliphatic heterocycles. The van der Waals surface area contributed by atoms with Crippen molar-refractivity contribution in [2.75, 3.05) is 0 Å². The summed E-state index contributed by atoms with van der Waals surface area (Å²) in [6.07, 6.45) is 0. The molecule has 104 valence electrons. The van der Waals surface area contributed by atoms with Crippen molar-refractivity contribution < 1.29 is 13.6 Å². The van der Waals surface area contributed by atoms with Crippen LogP contribution >= 0.6 is 11.8 Å². The van der Waals surface area contributed by atoms with E-state index in [1.807, 2.05) is 0 Å². The van der Waals surface area contributed by atoms with E-state index in [-0.39, 0.29) is 5.56 Å². The first-order chi connectivity index (χ1) is 9.50. The number of nitrogens with zero attached hydrogens (tertiary/aromatic N) is 1. The average Bonchev–Trinajstić information content (AvgIpc) is 2.46. The fourth-order valence-corrected chi connectivity index (χ4v) is 2.05. The van der Waals surface area contributed by atoms with Crippen molar-refractivity contribution in [2.24, 2.45) is 0 Å². The molecule has 0 saturated carbocycles. The predicted molar refractivity (Wildman–Crippen MR) is 73.2 cm³/mol. The number of amides is 1.